The first-order chi connectivity index (χ1) is 9.60. The highest BCUT2D eigenvalue weighted by atomic mass is 16.2. The van der Waals surface area contributed by atoms with Gasteiger partial charge in [-0.15, -0.1) is 0 Å². The molecule has 0 aliphatic carbocycles. The Morgan fingerprint density at radius 1 is 1.00 bits per heavy atom. The van der Waals surface area contributed by atoms with E-state index in [4.69, 9.17) is 0 Å². The van der Waals surface area contributed by atoms with Crippen LogP contribution in [-0.2, 0) is 7.05 Å². The second kappa shape index (κ2) is 5.92. The molecule has 0 radical (unpaired) electrons. The summed E-state index contributed by atoms with van der Waals surface area (Å²) in [7, 11) is 3.36. The van der Waals surface area contributed by atoms with E-state index in [1.54, 1.807) is 41.9 Å². The van der Waals surface area contributed by atoms with E-state index < -0.39 is 0 Å². The van der Waals surface area contributed by atoms with Gasteiger partial charge in [-0.2, -0.15) is 0 Å². The van der Waals surface area contributed by atoms with Crippen molar-refractivity contribution in [3.8, 4) is 0 Å². The Morgan fingerprint density at radius 2 is 1.60 bits per heavy atom. The minimum Gasteiger partial charge on any atom is -0.347 e. The lowest BCUT2D eigenvalue weighted by atomic mass is 10.2. The summed E-state index contributed by atoms with van der Waals surface area (Å²) in [5, 5.41) is 7.90. The molecule has 0 saturated carbocycles. The van der Waals surface area contributed by atoms with E-state index in [-0.39, 0.29) is 11.9 Å². The smallest absolute Gasteiger partial charge is 0.318 e. The van der Waals surface area contributed by atoms with Crippen LogP contribution in [-0.4, -0.2) is 23.6 Å². The number of rotatable bonds is 3. The van der Waals surface area contributed by atoms with Gasteiger partial charge >= 0.3 is 6.03 Å². The van der Waals surface area contributed by atoms with Crippen molar-refractivity contribution in [1.29, 1.82) is 0 Å². The zero-order valence-electron chi connectivity index (χ0n) is 11.3. The van der Waals surface area contributed by atoms with Gasteiger partial charge in [0.1, 0.15) is 5.69 Å². The molecule has 3 N–H and O–H groups in total. The Bertz CT molecular complexity index is 616. The number of carbonyl (C=O) groups is 2. The molecule has 0 atom stereocenters. The second-order valence-corrected chi connectivity index (χ2v) is 4.24. The van der Waals surface area contributed by atoms with Crippen molar-refractivity contribution in [1.82, 2.24) is 9.88 Å². The fourth-order valence-electron chi connectivity index (χ4n) is 1.72. The molecule has 2 aromatic rings. The third kappa shape index (κ3) is 3.17. The number of aryl methyl sites for hydroxylation is 1. The highest BCUT2D eigenvalue weighted by Gasteiger charge is 2.08. The Balaban J connectivity index is 2.02. The lowest BCUT2D eigenvalue weighted by Crippen LogP contribution is -2.24. The van der Waals surface area contributed by atoms with E-state index in [2.05, 4.69) is 16.0 Å². The second-order valence-electron chi connectivity index (χ2n) is 4.24. The molecule has 3 amide bonds. The van der Waals surface area contributed by atoms with Crippen LogP contribution in [0, 0.1) is 0 Å². The van der Waals surface area contributed by atoms with Gasteiger partial charge in [-0.3, -0.25) is 4.79 Å². The van der Waals surface area contributed by atoms with Crippen molar-refractivity contribution in [2.24, 2.45) is 7.05 Å². The highest BCUT2D eigenvalue weighted by molar-refractivity contribution is 6.03. The molecule has 20 heavy (non-hydrogen) atoms. The summed E-state index contributed by atoms with van der Waals surface area (Å²) in [4.78, 5) is 23.1. The summed E-state index contributed by atoms with van der Waals surface area (Å²) in [6.07, 6.45) is 1.81. The number of amides is 3. The minimum atomic E-state index is -0.286. The Labute approximate surface area is 116 Å². The van der Waals surface area contributed by atoms with Gasteiger partial charge in [0, 0.05) is 31.7 Å². The Hall–Kier alpha value is -2.76. The van der Waals surface area contributed by atoms with Crippen molar-refractivity contribution in [2.45, 2.75) is 0 Å². The van der Waals surface area contributed by atoms with Gasteiger partial charge in [0.05, 0.1) is 0 Å². The molecule has 2 rings (SSSR count). The SMILES string of the molecule is CNC(=O)Nc1ccc(NC(=O)c2cccn2C)cc1. The fraction of sp³-hybridized carbons (Fsp3) is 0.143. The van der Waals surface area contributed by atoms with E-state index >= 15 is 0 Å². The monoisotopic (exact) mass is 272 g/mol. The van der Waals surface area contributed by atoms with Crippen LogP contribution < -0.4 is 16.0 Å². The zero-order chi connectivity index (χ0) is 14.5. The van der Waals surface area contributed by atoms with E-state index in [1.165, 1.54) is 0 Å². The molecular weight excluding hydrogens is 256 g/mol. The summed E-state index contributed by atoms with van der Waals surface area (Å²) in [5.41, 5.74) is 1.90. The molecular formula is C14H16N4O2. The lowest BCUT2D eigenvalue weighted by molar-refractivity contribution is 0.101. The average Bonchev–Trinajstić information content (AvgIpc) is 2.87. The first kappa shape index (κ1) is 13.7. The number of carbonyl (C=O) groups excluding carboxylic acids is 2. The number of hydrogen-bond donors (Lipinski definition) is 3. The van der Waals surface area contributed by atoms with E-state index in [0.717, 1.165) is 0 Å². The summed E-state index contributed by atoms with van der Waals surface area (Å²) >= 11 is 0. The van der Waals surface area contributed by atoms with Crippen LogP contribution in [0.3, 0.4) is 0 Å². The van der Waals surface area contributed by atoms with Crippen molar-refractivity contribution in [3.05, 3.63) is 48.3 Å². The number of nitrogens with zero attached hydrogens (tertiary/aromatic N) is 1. The maximum absolute atomic E-state index is 12.0. The first-order valence-electron chi connectivity index (χ1n) is 6.11. The summed E-state index contributed by atoms with van der Waals surface area (Å²) < 4.78 is 1.75. The van der Waals surface area contributed by atoms with E-state index in [1.807, 2.05) is 19.3 Å². The molecule has 0 unspecified atom stereocenters. The molecule has 0 spiro atoms. The van der Waals surface area contributed by atoms with E-state index in [0.29, 0.717) is 17.1 Å². The maximum atomic E-state index is 12.0. The third-order valence-corrected chi connectivity index (χ3v) is 2.80. The van der Waals surface area contributed by atoms with Gasteiger partial charge in [0.25, 0.3) is 5.91 Å². The Kier molecular flexibility index (Phi) is 4.05. The highest BCUT2D eigenvalue weighted by Crippen LogP contribution is 2.14. The van der Waals surface area contributed by atoms with Gasteiger partial charge in [-0.05, 0) is 36.4 Å². The van der Waals surface area contributed by atoms with Gasteiger partial charge in [-0.25, -0.2) is 4.79 Å². The van der Waals surface area contributed by atoms with Crippen LogP contribution >= 0.6 is 0 Å². The van der Waals surface area contributed by atoms with Crippen LogP contribution in [0.4, 0.5) is 16.2 Å². The molecule has 1 aromatic carbocycles. The standard InChI is InChI=1S/C14H16N4O2/c1-15-14(20)17-11-7-5-10(6-8-11)16-13(19)12-4-3-9-18(12)2/h3-9H,1-2H3,(H,16,19)(H2,15,17,20). The Morgan fingerprint density at radius 3 is 2.10 bits per heavy atom. The molecule has 1 aromatic heterocycles. The lowest BCUT2D eigenvalue weighted by Gasteiger charge is -2.08. The quantitative estimate of drug-likeness (QED) is 0.799. The van der Waals surface area contributed by atoms with Gasteiger partial charge < -0.3 is 20.5 Å². The summed E-state index contributed by atoms with van der Waals surface area (Å²) in [6, 6.07) is 10.2. The predicted octanol–water partition coefficient (Wildman–Crippen LogP) is 2.03. The molecule has 104 valence electrons. The van der Waals surface area contributed by atoms with Crippen molar-refractivity contribution < 1.29 is 9.59 Å². The molecule has 0 saturated heterocycles. The van der Waals surface area contributed by atoms with Crippen LogP contribution in [0.1, 0.15) is 10.5 Å². The number of benzene rings is 1. The number of nitrogens with one attached hydrogen (secondary N) is 3. The van der Waals surface area contributed by atoms with Crippen LogP contribution in [0.2, 0.25) is 0 Å². The fourth-order valence-corrected chi connectivity index (χ4v) is 1.72. The first-order valence-corrected chi connectivity index (χ1v) is 6.11. The zero-order valence-corrected chi connectivity index (χ0v) is 11.3. The molecule has 0 aliphatic rings. The number of urea groups is 1. The number of aromatic nitrogens is 1. The van der Waals surface area contributed by atoms with Crippen LogP contribution in [0.25, 0.3) is 0 Å². The summed E-state index contributed by atoms with van der Waals surface area (Å²) in [5.74, 6) is -0.176. The molecule has 6 heteroatoms. The predicted molar refractivity (Wildman–Crippen MR) is 77.9 cm³/mol. The van der Waals surface area contributed by atoms with Crippen molar-refractivity contribution in [3.63, 3.8) is 0 Å². The van der Waals surface area contributed by atoms with E-state index in [9.17, 15) is 9.59 Å². The van der Waals surface area contributed by atoms with Crippen LogP contribution in [0.15, 0.2) is 42.6 Å². The van der Waals surface area contributed by atoms with Gasteiger partial charge in [0.15, 0.2) is 0 Å². The van der Waals surface area contributed by atoms with Gasteiger partial charge in [-0.1, -0.05) is 0 Å². The topological polar surface area (TPSA) is 75.2 Å². The molecule has 1 heterocycles. The molecule has 6 nitrogen and oxygen atoms in total. The van der Waals surface area contributed by atoms with Crippen molar-refractivity contribution >= 4 is 23.3 Å². The maximum Gasteiger partial charge on any atom is 0.318 e. The minimum absolute atomic E-state index is 0.176. The molecule has 0 aliphatic heterocycles. The normalized spacial score (nSPS) is 9.90. The molecule has 0 fully saturated rings. The molecule has 0 bridgehead atoms. The number of anilines is 2. The largest absolute Gasteiger partial charge is 0.347 e. The number of hydrogen-bond acceptors (Lipinski definition) is 2. The summed E-state index contributed by atoms with van der Waals surface area (Å²) in [6.45, 7) is 0. The third-order valence-electron chi connectivity index (χ3n) is 2.80. The van der Waals surface area contributed by atoms with Crippen LogP contribution in [0.5, 0.6) is 0 Å². The van der Waals surface area contributed by atoms with Gasteiger partial charge in [0.2, 0.25) is 0 Å². The average molecular weight is 272 g/mol. The van der Waals surface area contributed by atoms with Crippen molar-refractivity contribution in [2.75, 3.05) is 17.7 Å².